The van der Waals surface area contributed by atoms with Crippen LogP contribution in [0.5, 0.6) is 0 Å². The lowest BCUT2D eigenvalue weighted by Crippen LogP contribution is -2.41. The average molecular weight is 273 g/mol. The van der Waals surface area contributed by atoms with Crippen molar-refractivity contribution >= 4 is 11.8 Å². The Morgan fingerprint density at radius 1 is 1.05 bits per heavy atom. The molecule has 108 valence electrons. The van der Waals surface area contributed by atoms with Gasteiger partial charge in [0.15, 0.2) is 0 Å². The molecule has 0 unspecified atom stereocenters. The fraction of sp³-hybridized carbons (Fsp3) is 0.588. The molecule has 3 rings (SSSR count). The third kappa shape index (κ3) is 2.54. The van der Waals surface area contributed by atoms with E-state index in [4.69, 9.17) is 0 Å². The van der Waals surface area contributed by atoms with E-state index < -0.39 is 6.09 Å². The molecule has 2 aliphatic carbocycles. The number of aryl methyl sites for hydroxylation is 1. The number of hydrogen-bond acceptors (Lipinski definition) is 1. The van der Waals surface area contributed by atoms with E-state index in [2.05, 4.69) is 6.07 Å². The first-order valence-electron chi connectivity index (χ1n) is 7.90. The van der Waals surface area contributed by atoms with Crippen molar-refractivity contribution in [3.05, 3.63) is 29.3 Å². The van der Waals surface area contributed by atoms with Gasteiger partial charge in [-0.05, 0) is 55.7 Å². The summed E-state index contributed by atoms with van der Waals surface area (Å²) in [5.41, 5.74) is 3.60. The van der Waals surface area contributed by atoms with Gasteiger partial charge in [0.25, 0.3) is 0 Å². The number of carbonyl (C=O) groups is 1. The van der Waals surface area contributed by atoms with Crippen LogP contribution in [0.2, 0.25) is 0 Å². The average Bonchev–Trinajstić information content (AvgIpc) is 2.48. The first-order valence-corrected chi connectivity index (χ1v) is 7.90. The molecule has 0 aliphatic heterocycles. The molecule has 0 saturated heterocycles. The highest BCUT2D eigenvalue weighted by atomic mass is 16.4. The second-order valence-corrected chi connectivity index (χ2v) is 6.07. The molecule has 1 aromatic carbocycles. The summed E-state index contributed by atoms with van der Waals surface area (Å²) in [7, 11) is 0. The van der Waals surface area contributed by atoms with Crippen LogP contribution in [0.1, 0.15) is 56.1 Å². The van der Waals surface area contributed by atoms with Crippen molar-refractivity contribution in [3.8, 4) is 0 Å². The van der Waals surface area contributed by atoms with Gasteiger partial charge >= 0.3 is 6.09 Å². The molecule has 0 radical (unpaired) electrons. The van der Waals surface area contributed by atoms with Crippen molar-refractivity contribution in [2.75, 3.05) is 4.90 Å². The van der Waals surface area contributed by atoms with Crippen LogP contribution in [0.3, 0.4) is 0 Å². The molecule has 1 amide bonds. The highest BCUT2D eigenvalue weighted by molar-refractivity contribution is 5.88. The number of benzene rings is 1. The van der Waals surface area contributed by atoms with Crippen molar-refractivity contribution in [1.82, 2.24) is 0 Å². The lowest BCUT2D eigenvalue weighted by Gasteiger charge is -2.34. The van der Waals surface area contributed by atoms with Crippen LogP contribution in [0.15, 0.2) is 18.2 Å². The Bertz CT molecular complexity index is 492. The SMILES string of the molecule is O=C(O)N(c1cccc2c1CCCC2)C1CCCCC1. The zero-order chi connectivity index (χ0) is 13.9. The summed E-state index contributed by atoms with van der Waals surface area (Å²) in [5.74, 6) is 0. The van der Waals surface area contributed by atoms with E-state index in [-0.39, 0.29) is 6.04 Å². The molecule has 3 heteroatoms. The molecule has 0 aromatic heterocycles. The summed E-state index contributed by atoms with van der Waals surface area (Å²) in [4.78, 5) is 13.5. The Hall–Kier alpha value is -1.51. The van der Waals surface area contributed by atoms with Gasteiger partial charge < -0.3 is 5.11 Å². The third-order valence-electron chi connectivity index (χ3n) is 4.78. The normalized spacial score (nSPS) is 19.4. The van der Waals surface area contributed by atoms with Gasteiger partial charge in [-0.3, -0.25) is 4.90 Å². The highest BCUT2D eigenvalue weighted by Crippen LogP contribution is 2.34. The molecule has 1 N–H and O–H groups in total. The topological polar surface area (TPSA) is 40.5 Å². The van der Waals surface area contributed by atoms with E-state index in [9.17, 15) is 9.90 Å². The highest BCUT2D eigenvalue weighted by Gasteiger charge is 2.29. The number of rotatable bonds is 2. The van der Waals surface area contributed by atoms with Gasteiger partial charge in [0.1, 0.15) is 0 Å². The van der Waals surface area contributed by atoms with Crippen LogP contribution >= 0.6 is 0 Å². The van der Waals surface area contributed by atoms with Crippen LogP contribution < -0.4 is 4.90 Å². The number of carboxylic acid groups (broad SMARTS) is 1. The van der Waals surface area contributed by atoms with Gasteiger partial charge in [-0.2, -0.15) is 0 Å². The second kappa shape index (κ2) is 5.86. The van der Waals surface area contributed by atoms with E-state index in [0.717, 1.165) is 44.2 Å². The smallest absolute Gasteiger partial charge is 0.412 e. The van der Waals surface area contributed by atoms with Crippen molar-refractivity contribution in [2.24, 2.45) is 0 Å². The van der Waals surface area contributed by atoms with Crippen molar-refractivity contribution in [3.63, 3.8) is 0 Å². The summed E-state index contributed by atoms with van der Waals surface area (Å²) < 4.78 is 0. The minimum absolute atomic E-state index is 0.176. The van der Waals surface area contributed by atoms with Gasteiger partial charge in [-0.15, -0.1) is 0 Å². The van der Waals surface area contributed by atoms with Gasteiger partial charge in [0.05, 0.1) is 5.69 Å². The lowest BCUT2D eigenvalue weighted by molar-refractivity contribution is 0.196. The summed E-state index contributed by atoms with van der Waals surface area (Å²) in [6.45, 7) is 0. The molecule has 20 heavy (non-hydrogen) atoms. The standard InChI is InChI=1S/C17H23NO2/c19-17(20)18(14-9-2-1-3-10-14)16-12-6-8-13-7-4-5-11-15(13)16/h6,8,12,14H,1-5,7,9-11H2,(H,19,20). The number of hydrogen-bond donors (Lipinski definition) is 1. The quantitative estimate of drug-likeness (QED) is 0.868. The Balaban J connectivity index is 1.97. The van der Waals surface area contributed by atoms with Crippen molar-refractivity contribution < 1.29 is 9.90 Å². The summed E-state index contributed by atoms with van der Waals surface area (Å²) >= 11 is 0. The van der Waals surface area contributed by atoms with E-state index >= 15 is 0 Å². The molecule has 0 spiro atoms. The van der Waals surface area contributed by atoms with Crippen LogP contribution in [-0.2, 0) is 12.8 Å². The Morgan fingerprint density at radius 3 is 2.55 bits per heavy atom. The maximum atomic E-state index is 11.8. The third-order valence-corrected chi connectivity index (χ3v) is 4.78. The van der Waals surface area contributed by atoms with E-state index in [0.29, 0.717) is 0 Å². The first-order chi connectivity index (χ1) is 9.77. The fourth-order valence-electron chi connectivity index (χ4n) is 3.78. The van der Waals surface area contributed by atoms with Crippen molar-refractivity contribution in [1.29, 1.82) is 0 Å². The van der Waals surface area contributed by atoms with Gasteiger partial charge in [-0.25, -0.2) is 4.79 Å². The first kappa shape index (κ1) is 13.5. The molecule has 0 bridgehead atoms. The predicted molar refractivity (Wildman–Crippen MR) is 80.5 cm³/mol. The molecule has 2 aliphatic rings. The number of anilines is 1. The van der Waals surface area contributed by atoms with E-state index in [1.165, 1.54) is 30.4 Å². The molecular weight excluding hydrogens is 250 g/mol. The number of nitrogens with zero attached hydrogens (tertiary/aromatic N) is 1. The van der Waals surface area contributed by atoms with Crippen LogP contribution in [0.25, 0.3) is 0 Å². The van der Waals surface area contributed by atoms with Crippen LogP contribution in [0.4, 0.5) is 10.5 Å². The van der Waals surface area contributed by atoms with E-state index in [1.807, 2.05) is 12.1 Å². The molecule has 0 atom stereocenters. The number of amides is 1. The Kier molecular flexibility index (Phi) is 3.95. The van der Waals surface area contributed by atoms with Crippen molar-refractivity contribution in [2.45, 2.75) is 63.8 Å². The van der Waals surface area contributed by atoms with Gasteiger partial charge in [-0.1, -0.05) is 31.4 Å². The van der Waals surface area contributed by atoms with Gasteiger partial charge in [0, 0.05) is 6.04 Å². The molecule has 3 nitrogen and oxygen atoms in total. The Morgan fingerprint density at radius 2 is 1.80 bits per heavy atom. The fourth-order valence-corrected chi connectivity index (χ4v) is 3.78. The maximum absolute atomic E-state index is 11.8. The molecular formula is C17H23NO2. The van der Waals surface area contributed by atoms with E-state index in [1.54, 1.807) is 4.90 Å². The molecule has 1 saturated carbocycles. The summed E-state index contributed by atoms with van der Waals surface area (Å²) in [6.07, 6.45) is 9.34. The van der Waals surface area contributed by atoms with Crippen LogP contribution in [-0.4, -0.2) is 17.2 Å². The lowest BCUT2D eigenvalue weighted by atomic mass is 9.88. The summed E-state index contributed by atoms with van der Waals surface area (Å²) in [5, 5.41) is 9.71. The predicted octanol–water partition coefficient (Wildman–Crippen LogP) is 4.38. The maximum Gasteiger partial charge on any atom is 0.412 e. The minimum Gasteiger partial charge on any atom is -0.465 e. The summed E-state index contributed by atoms with van der Waals surface area (Å²) in [6, 6.07) is 6.37. The minimum atomic E-state index is -0.782. The molecule has 1 fully saturated rings. The molecule has 1 aromatic rings. The zero-order valence-corrected chi connectivity index (χ0v) is 12.0. The zero-order valence-electron chi connectivity index (χ0n) is 12.0. The monoisotopic (exact) mass is 273 g/mol. The second-order valence-electron chi connectivity index (χ2n) is 6.07. The molecule has 0 heterocycles. The largest absolute Gasteiger partial charge is 0.465 e. The number of fused-ring (bicyclic) bond motifs is 1. The van der Waals surface area contributed by atoms with Gasteiger partial charge in [0.2, 0.25) is 0 Å². The Labute approximate surface area is 120 Å². The van der Waals surface area contributed by atoms with Crippen LogP contribution in [0, 0.1) is 0 Å².